The van der Waals surface area contributed by atoms with Crippen LogP contribution in [0.3, 0.4) is 0 Å². The summed E-state index contributed by atoms with van der Waals surface area (Å²) < 4.78 is 62.3. The van der Waals surface area contributed by atoms with Crippen molar-refractivity contribution in [3.63, 3.8) is 0 Å². The van der Waals surface area contributed by atoms with Gasteiger partial charge in [-0.15, -0.1) is 5.10 Å². The highest BCUT2D eigenvalue weighted by molar-refractivity contribution is 7.89. The molecule has 1 fully saturated rings. The molecular formula is C19H21F2N5O4S. The van der Waals surface area contributed by atoms with Crippen molar-refractivity contribution in [2.75, 3.05) is 20.3 Å². The minimum atomic E-state index is -4.32. The number of aryl methyl sites for hydroxylation is 1. The molecule has 0 saturated heterocycles. The molecule has 1 aliphatic rings. The maximum Gasteiger partial charge on any atom is 0.332 e. The Bertz CT molecular complexity index is 1280. The van der Waals surface area contributed by atoms with Crippen LogP contribution in [0.25, 0.3) is 16.9 Å². The molecule has 0 spiro atoms. The van der Waals surface area contributed by atoms with E-state index < -0.39 is 44.6 Å². The zero-order valence-electron chi connectivity index (χ0n) is 16.9. The monoisotopic (exact) mass is 453 g/mol. The van der Waals surface area contributed by atoms with Gasteiger partial charge in [0.05, 0.1) is 29.5 Å². The summed E-state index contributed by atoms with van der Waals surface area (Å²) in [5.41, 5.74) is -0.466. The van der Waals surface area contributed by atoms with Crippen molar-refractivity contribution in [3.05, 3.63) is 46.3 Å². The van der Waals surface area contributed by atoms with Crippen LogP contribution in [-0.4, -0.2) is 54.6 Å². The molecule has 9 nitrogen and oxygen atoms in total. The standard InChI is InChI=1S/C19H21F2N5O4S/c1-11-3-4-17(25-24-11)26-14-8-15(12(21)7-13(14)23-18(26)27)31(28,29)22-9-16(30-2)19(10-20)5-6-19/h3-4,7-8,16,22H,5-6,9-10H2,1-2H3,(H,23,27). The molecule has 3 aromatic rings. The second-order valence-electron chi connectivity index (χ2n) is 7.67. The van der Waals surface area contributed by atoms with Crippen molar-refractivity contribution in [1.82, 2.24) is 24.5 Å². The lowest BCUT2D eigenvalue weighted by molar-refractivity contribution is 0.0325. The number of rotatable bonds is 8. The Labute approximate surface area is 176 Å². The SMILES string of the molecule is COC(CNS(=O)(=O)c1cc2c(cc1F)[nH]c(=O)n2-c1ccc(C)nn1)C1(CF)CC1. The zero-order chi connectivity index (χ0) is 22.4. The molecule has 1 aromatic carbocycles. The van der Waals surface area contributed by atoms with Crippen LogP contribution in [0.5, 0.6) is 0 Å². The lowest BCUT2D eigenvalue weighted by atomic mass is 10.0. The zero-order valence-corrected chi connectivity index (χ0v) is 17.7. The van der Waals surface area contributed by atoms with E-state index in [4.69, 9.17) is 4.74 Å². The van der Waals surface area contributed by atoms with Crippen LogP contribution in [-0.2, 0) is 14.8 Å². The van der Waals surface area contributed by atoms with Crippen LogP contribution >= 0.6 is 0 Å². The number of nitrogens with zero attached hydrogens (tertiary/aromatic N) is 3. The van der Waals surface area contributed by atoms with Crippen LogP contribution in [0.1, 0.15) is 18.5 Å². The largest absolute Gasteiger partial charge is 0.379 e. The number of aromatic amines is 1. The van der Waals surface area contributed by atoms with Crippen molar-refractivity contribution < 1.29 is 21.9 Å². The smallest absolute Gasteiger partial charge is 0.332 e. The summed E-state index contributed by atoms with van der Waals surface area (Å²) in [7, 11) is -2.94. The number of aromatic nitrogens is 4. The van der Waals surface area contributed by atoms with Crippen LogP contribution < -0.4 is 10.4 Å². The quantitative estimate of drug-likeness (QED) is 0.535. The fraction of sp³-hybridized carbons (Fsp3) is 0.421. The number of benzene rings is 1. The van der Waals surface area contributed by atoms with Crippen molar-refractivity contribution in [3.8, 4) is 5.82 Å². The average Bonchev–Trinajstić information content (AvgIpc) is 3.45. The molecule has 1 unspecified atom stereocenters. The van der Waals surface area contributed by atoms with Gasteiger partial charge in [0, 0.05) is 25.1 Å². The van der Waals surface area contributed by atoms with Gasteiger partial charge in [0.2, 0.25) is 10.0 Å². The number of H-pyrrole nitrogens is 1. The topological polar surface area (TPSA) is 119 Å². The molecule has 2 N–H and O–H groups in total. The number of imidazole rings is 1. The van der Waals surface area contributed by atoms with Crippen molar-refractivity contribution in [2.24, 2.45) is 5.41 Å². The first kappa shape index (κ1) is 21.5. The molecule has 166 valence electrons. The van der Waals surface area contributed by atoms with Gasteiger partial charge in [-0.3, -0.25) is 4.39 Å². The second-order valence-corrected chi connectivity index (χ2v) is 9.41. The molecule has 31 heavy (non-hydrogen) atoms. The Morgan fingerprint density at radius 3 is 2.65 bits per heavy atom. The number of fused-ring (bicyclic) bond motifs is 1. The van der Waals surface area contributed by atoms with Gasteiger partial charge in [-0.05, 0) is 38.0 Å². The lowest BCUT2D eigenvalue weighted by Gasteiger charge is -2.23. The number of nitrogens with one attached hydrogen (secondary N) is 2. The lowest BCUT2D eigenvalue weighted by Crippen LogP contribution is -2.39. The number of ether oxygens (including phenoxy) is 1. The third-order valence-corrected chi connectivity index (χ3v) is 7.06. The summed E-state index contributed by atoms with van der Waals surface area (Å²) in [6.07, 6.45) is 0.515. The van der Waals surface area contributed by atoms with Gasteiger partial charge in [0.15, 0.2) is 5.82 Å². The van der Waals surface area contributed by atoms with Crippen molar-refractivity contribution >= 4 is 21.1 Å². The summed E-state index contributed by atoms with van der Waals surface area (Å²) in [4.78, 5) is 14.2. The third-order valence-electron chi connectivity index (χ3n) is 5.62. The van der Waals surface area contributed by atoms with Gasteiger partial charge in [-0.1, -0.05) is 0 Å². The summed E-state index contributed by atoms with van der Waals surface area (Å²) in [5, 5.41) is 7.84. The van der Waals surface area contributed by atoms with E-state index >= 15 is 0 Å². The molecule has 2 aromatic heterocycles. The number of hydrogen-bond donors (Lipinski definition) is 2. The van der Waals surface area contributed by atoms with Crippen LogP contribution in [0, 0.1) is 18.2 Å². The normalized spacial score (nSPS) is 16.5. The number of methoxy groups -OCH3 is 1. The van der Waals surface area contributed by atoms with E-state index in [1.807, 2.05) is 0 Å². The van der Waals surface area contributed by atoms with E-state index in [0.717, 1.165) is 16.7 Å². The van der Waals surface area contributed by atoms with Crippen LogP contribution in [0.2, 0.25) is 0 Å². The molecule has 2 heterocycles. The predicted molar refractivity (Wildman–Crippen MR) is 108 cm³/mol. The highest BCUT2D eigenvalue weighted by Gasteiger charge is 2.50. The first-order valence-corrected chi connectivity index (χ1v) is 11.0. The summed E-state index contributed by atoms with van der Waals surface area (Å²) in [6.45, 7) is 0.896. The fourth-order valence-corrected chi connectivity index (χ4v) is 4.68. The highest BCUT2D eigenvalue weighted by Crippen LogP contribution is 2.50. The van der Waals surface area contributed by atoms with Crippen LogP contribution in [0.4, 0.5) is 8.78 Å². The molecule has 0 amide bonds. The molecular weight excluding hydrogens is 432 g/mol. The van der Waals surface area contributed by atoms with Gasteiger partial charge in [0.1, 0.15) is 10.7 Å². The first-order valence-electron chi connectivity index (χ1n) is 9.54. The number of sulfonamides is 1. The first-order chi connectivity index (χ1) is 14.7. The van der Waals surface area contributed by atoms with Gasteiger partial charge in [-0.2, -0.15) is 5.10 Å². The van der Waals surface area contributed by atoms with E-state index in [0.29, 0.717) is 18.5 Å². The van der Waals surface area contributed by atoms with Gasteiger partial charge >= 0.3 is 5.69 Å². The van der Waals surface area contributed by atoms with Crippen molar-refractivity contribution in [2.45, 2.75) is 30.8 Å². The summed E-state index contributed by atoms with van der Waals surface area (Å²) in [6, 6.07) is 5.17. The molecule has 4 rings (SSSR count). The summed E-state index contributed by atoms with van der Waals surface area (Å²) >= 11 is 0. The molecule has 0 radical (unpaired) electrons. The van der Waals surface area contributed by atoms with Crippen molar-refractivity contribution in [1.29, 1.82) is 0 Å². The average molecular weight is 453 g/mol. The molecule has 0 aliphatic heterocycles. The van der Waals surface area contributed by atoms with Gasteiger partial charge in [-0.25, -0.2) is 26.9 Å². The molecule has 1 atom stereocenters. The highest BCUT2D eigenvalue weighted by atomic mass is 32.2. The van der Waals surface area contributed by atoms with E-state index in [2.05, 4.69) is 19.9 Å². The number of hydrogen-bond acceptors (Lipinski definition) is 6. The predicted octanol–water partition coefficient (Wildman–Crippen LogP) is 1.60. The van der Waals surface area contributed by atoms with Crippen LogP contribution in [0.15, 0.2) is 34.0 Å². The molecule has 0 bridgehead atoms. The Hall–Kier alpha value is -2.70. The minimum Gasteiger partial charge on any atom is -0.379 e. The summed E-state index contributed by atoms with van der Waals surface area (Å²) in [5.74, 6) is -0.883. The number of halogens is 2. The van der Waals surface area contributed by atoms with Gasteiger partial charge in [0.25, 0.3) is 0 Å². The van der Waals surface area contributed by atoms with E-state index in [1.54, 1.807) is 19.1 Å². The third kappa shape index (κ3) is 3.86. The number of alkyl halides is 1. The van der Waals surface area contributed by atoms with E-state index in [9.17, 15) is 22.0 Å². The maximum absolute atomic E-state index is 14.7. The Balaban J connectivity index is 1.71. The Morgan fingerprint density at radius 2 is 2.06 bits per heavy atom. The molecule has 1 saturated carbocycles. The van der Waals surface area contributed by atoms with Gasteiger partial charge < -0.3 is 9.72 Å². The molecule has 12 heteroatoms. The second kappa shape index (κ2) is 7.77. The molecule has 1 aliphatic carbocycles. The minimum absolute atomic E-state index is 0.105. The van der Waals surface area contributed by atoms with E-state index in [-0.39, 0.29) is 23.4 Å². The Morgan fingerprint density at radius 1 is 1.32 bits per heavy atom. The van der Waals surface area contributed by atoms with E-state index in [1.165, 1.54) is 7.11 Å². The maximum atomic E-state index is 14.7. The fourth-order valence-electron chi connectivity index (χ4n) is 3.57. The Kier molecular flexibility index (Phi) is 5.40.